The summed E-state index contributed by atoms with van der Waals surface area (Å²) < 4.78 is 5.42. The van der Waals surface area contributed by atoms with Gasteiger partial charge in [0, 0.05) is 19.1 Å². The third-order valence-corrected chi connectivity index (χ3v) is 3.08. The molecule has 0 heterocycles. The van der Waals surface area contributed by atoms with E-state index in [9.17, 15) is 0 Å². The van der Waals surface area contributed by atoms with Crippen LogP contribution in [0.1, 0.15) is 19.4 Å². The summed E-state index contributed by atoms with van der Waals surface area (Å²) in [5.41, 5.74) is 6.97. The number of ether oxygens (including phenoxy) is 1. The van der Waals surface area contributed by atoms with Crippen molar-refractivity contribution in [1.82, 2.24) is 4.90 Å². The van der Waals surface area contributed by atoms with Gasteiger partial charge < -0.3 is 15.4 Å². The van der Waals surface area contributed by atoms with Crippen molar-refractivity contribution in [3.05, 3.63) is 29.8 Å². The van der Waals surface area contributed by atoms with Crippen LogP contribution in [0.2, 0.25) is 0 Å². The predicted molar refractivity (Wildman–Crippen MR) is 72.5 cm³/mol. The molecule has 0 aliphatic rings. The van der Waals surface area contributed by atoms with Gasteiger partial charge in [-0.3, -0.25) is 0 Å². The van der Waals surface area contributed by atoms with Crippen molar-refractivity contribution in [2.24, 2.45) is 5.73 Å². The smallest absolute Gasteiger partial charge is 0.119 e. The van der Waals surface area contributed by atoms with Crippen LogP contribution < -0.4 is 10.5 Å². The molecule has 1 atom stereocenters. The number of likely N-dealkylation sites (N-methyl/N-ethyl adjacent to an activating group) is 1. The molecule has 0 spiro atoms. The van der Waals surface area contributed by atoms with Gasteiger partial charge >= 0.3 is 0 Å². The molecule has 0 radical (unpaired) electrons. The molecule has 0 aliphatic carbocycles. The van der Waals surface area contributed by atoms with Gasteiger partial charge in [-0.15, -0.1) is 0 Å². The standard InChI is InChI=1S/C14H24N2O/c1-4-17-14-7-5-13(6-8-14)9-10-16(3)12(2)11-15/h5-8,12H,4,9-11,15H2,1-3H3. The topological polar surface area (TPSA) is 38.5 Å². The Hall–Kier alpha value is -1.06. The largest absolute Gasteiger partial charge is 0.494 e. The molecule has 1 aromatic rings. The molecule has 1 unspecified atom stereocenters. The Morgan fingerprint density at radius 3 is 2.47 bits per heavy atom. The number of hydrogen-bond acceptors (Lipinski definition) is 3. The van der Waals surface area contributed by atoms with E-state index in [1.165, 1.54) is 5.56 Å². The van der Waals surface area contributed by atoms with Crippen molar-refractivity contribution in [3.8, 4) is 5.75 Å². The lowest BCUT2D eigenvalue weighted by Gasteiger charge is -2.23. The fraction of sp³-hybridized carbons (Fsp3) is 0.571. The van der Waals surface area contributed by atoms with Gasteiger partial charge in [0.2, 0.25) is 0 Å². The fourth-order valence-electron chi connectivity index (χ4n) is 1.62. The second kappa shape index (κ2) is 7.30. The van der Waals surface area contributed by atoms with Gasteiger partial charge in [0.1, 0.15) is 5.75 Å². The Balaban J connectivity index is 2.41. The molecular formula is C14H24N2O. The van der Waals surface area contributed by atoms with Gasteiger partial charge in [-0.25, -0.2) is 0 Å². The van der Waals surface area contributed by atoms with Crippen LogP contribution in [-0.2, 0) is 6.42 Å². The molecule has 0 aromatic heterocycles. The van der Waals surface area contributed by atoms with Crippen molar-refractivity contribution in [2.45, 2.75) is 26.3 Å². The molecule has 3 nitrogen and oxygen atoms in total. The Kier molecular flexibility index (Phi) is 6.01. The Morgan fingerprint density at radius 2 is 1.94 bits per heavy atom. The van der Waals surface area contributed by atoms with Crippen LogP contribution in [0.3, 0.4) is 0 Å². The Bertz CT molecular complexity index is 311. The molecule has 0 amide bonds. The first-order chi connectivity index (χ1) is 8.17. The first kappa shape index (κ1) is 14.0. The predicted octanol–water partition coefficient (Wildman–Crippen LogP) is 1.91. The molecule has 1 rings (SSSR count). The van der Waals surface area contributed by atoms with Gasteiger partial charge in [-0.2, -0.15) is 0 Å². The van der Waals surface area contributed by atoms with Gasteiger partial charge in [0.05, 0.1) is 6.61 Å². The maximum absolute atomic E-state index is 5.64. The number of nitrogens with two attached hydrogens (primary N) is 1. The summed E-state index contributed by atoms with van der Waals surface area (Å²) in [4.78, 5) is 2.29. The minimum Gasteiger partial charge on any atom is -0.494 e. The van der Waals surface area contributed by atoms with E-state index >= 15 is 0 Å². The highest BCUT2D eigenvalue weighted by Gasteiger charge is 2.06. The van der Waals surface area contributed by atoms with E-state index in [-0.39, 0.29) is 0 Å². The van der Waals surface area contributed by atoms with Gasteiger partial charge in [0.15, 0.2) is 0 Å². The third-order valence-electron chi connectivity index (χ3n) is 3.08. The molecular weight excluding hydrogens is 212 g/mol. The zero-order valence-electron chi connectivity index (χ0n) is 11.1. The van der Waals surface area contributed by atoms with E-state index in [1.54, 1.807) is 0 Å². The molecule has 96 valence electrons. The van der Waals surface area contributed by atoms with Crippen molar-refractivity contribution < 1.29 is 4.74 Å². The highest BCUT2D eigenvalue weighted by molar-refractivity contribution is 5.27. The average Bonchev–Trinajstić information content (AvgIpc) is 2.37. The summed E-state index contributed by atoms with van der Waals surface area (Å²) in [7, 11) is 2.12. The second-order valence-electron chi connectivity index (χ2n) is 4.39. The Morgan fingerprint density at radius 1 is 1.29 bits per heavy atom. The average molecular weight is 236 g/mol. The first-order valence-electron chi connectivity index (χ1n) is 6.29. The molecule has 17 heavy (non-hydrogen) atoms. The van der Waals surface area contributed by atoms with Crippen molar-refractivity contribution in [2.75, 3.05) is 26.7 Å². The molecule has 1 aromatic carbocycles. The van der Waals surface area contributed by atoms with Crippen LogP contribution in [0.15, 0.2) is 24.3 Å². The summed E-state index contributed by atoms with van der Waals surface area (Å²) in [5, 5.41) is 0. The summed E-state index contributed by atoms with van der Waals surface area (Å²) >= 11 is 0. The van der Waals surface area contributed by atoms with E-state index in [2.05, 4.69) is 31.0 Å². The number of benzene rings is 1. The van der Waals surface area contributed by atoms with E-state index in [4.69, 9.17) is 10.5 Å². The number of rotatable bonds is 7. The van der Waals surface area contributed by atoms with Crippen molar-refractivity contribution in [3.63, 3.8) is 0 Å². The van der Waals surface area contributed by atoms with Crippen LogP contribution in [0, 0.1) is 0 Å². The molecule has 0 saturated carbocycles. The normalized spacial score (nSPS) is 12.8. The monoisotopic (exact) mass is 236 g/mol. The zero-order chi connectivity index (χ0) is 12.7. The third kappa shape index (κ3) is 4.75. The number of nitrogens with zero attached hydrogens (tertiary/aromatic N) is 1. The minimum absolute atomic E-state index is 0.442. The van der Waals surface area contributed by atoms with Crippen LogP contribution >= 0.6 is 0 Å². The van der Waals surface area contributed by atoms with E-state index in [0.717, 1.165) is 25.3 Å². The van der Waals surface area contributed by atoms with Crippen LogP contribution in [-0.4, -0.2) is 37.7 Å². The van der Waals surface area contributed by atoms with Crippen molar-refractivity contribution >= 4 is 0 Å². The molecule has 3 heteroatoms. The Labute approximate surface area is 105 Å². The summed E-state index contributed by atoms with van der Waals surface area (Å²) in [6, 6.07) is 8.77. The minimum atomic E-state index is 0.442. The SMILES string of the molecule is CCOc1ccc(CCN(C)C(C)CN)cc1. The van der Waals surface area contributed by atoms with E-state index in [1.807, 2.05) is 19.1 Å². The van der Waals surface area contributed by atoms with E-state index in [0.29, 0.717) is 12.6 Å². The molecule has 2 N–H and O–H groups in total. The second-order valence-corrected chi connectivity index (χ2v) is 4.39. The lowest BCUT2D eigenvalue weighted by molar-refractivity contribution is 0.266. The highest BCUT2D eigenvalue weighted by Crippen LogP contribution is 2.12. The molecule has 0 saturated heterocycles. The lowest BCUT2D eigenvalue weighted by atomic mass is 10.1. The highest BCUT2D eigenvalue weighted by atomic mass is 16.5. The van der Waals surface area contributed by atoms with E-state index < -0.39 is 0 Å². The number of hydrogen-bond donors (Lipinski definition) is 1. The first-order valence-corrected chi connectivity index (χ1v) is 6.29. The van der Waals surface area contributed by atoms with Crippen LogP contribution in [0.4, 0.5) is 0 Å². The van der Waals surface area contributed by atoms with Crippen LogP contribution in [0.25, 0.3) is 0 Å². The van der Waals surface area contributed by atoms with Gasteiger partial charge in [-0.1, -0.05) is 12.1 Å². The maximum Gasteiger partial charge on any atom is 0.119 e. The van der Waals surface area contributed by atoms with Crippen LogP contribution in [0.5, 0.6) is 5.75 Å². The molecule has 0 fully saturated rings. The summed E-state index contributed by atoms with van der Waals surface area (Å²) in [6.45, 7) is 6.61. The molecule has 0 aliphatic heterocycles. The lowest BCUT2D eigenvalue weighted by Crippen LogP contribution is -2.36. The van der Waals surface area contributed by atoms with Gasteiger partial charge in [0.25, 0.3) is 0 Å². The summed E-state index contributed by atoms with van der Waals surface area (Å²) in [5.74, 6) is 0.944. The van der Waals surface area contributed by atoms with Gasteiger partial charge in [-0.05, 0) is 45.0 Å². The molecule has 0 bridgehead atoms. The van der Waals surface area contributed by atoms with Crippen molar-refractivity contribution in [1.29, 1.82) is 0 Å². The fourth-order valence-corrected chi connectivity index (χ4v) is 1.62. The quantitative estimate of drug-likeness (QED) is 0.786. The summed E-state index contributed by atoms with van der Waals surface area (Å²) in [6.07, 6.45) is 1.05. The maximum atomic E-state index is 5.64. The zero-order valence-corrected chi connectivity index (χ0v) is 11.1.